The van der Waals surface area contributed by atoms with Crippen molar-refractivity contribution in [2.75, 3.05) is 32.1 Å². The number of aliphatic imine (C=N–C) groups is 1. The third-order valence-electron chi connectivity index (χ3n) is 3.69. The first kappa shape index (κ1) is 14.2. The van der Waals surface area contributed by atoms with Gasteiger partial charge in [0, 0.05) is 32.9 Å². The zero-order chi connectivity index (χ0) is 14.8. The highest BCUT2D eigenvalue weighted by Gasteiger charge is 2.27. The maximum Gasteiger partial charge on any atom is 0.286 e. The summed E-state index contributed by atoms with van der Waals surface area (Å²) in [5.74, 6) is -0.112. The van der Waals surface area contributed by atoms with E-state index in [9.17, 15) is 4.79 Å². The number of rotatable bonds is 2. The van der Waals surface area contributed by atoms with Crippen molar-refractivity contribution in [2.24, 2.45) is 4.99 Å². The van der Waals surface area contributed by atoms with E-state index in [2.05, 4.69) is 26.9 Å². The first-order valence-electron chi connectivity index (χ1n) is 7.18. The minimum absolute atomic E-state index is 0.112. The lowest BCUT2D eigenvalue weighted by Crippen LogP contribution is -2.23. The van der Waals surface area contributed by atoms with Crippen molar-refractivity contribution in [3.8, 4) is 0 Å². The Labute approximate surface area is 129 Å². The normalized spacial score (nSPS) is 20.3. The van der Waals surface area contributed by atoms with E-state index in [0.717, 1.165) is 34.4 Å². The van der Waals surface area contributed by atoms with Crippen molar-refractivity contribution in [1.29, 1.82) is 0 Å². The molecule has 0 radical (unpaired) electrons. The van der Waals surface area contributed by atoms with E-state index >= 15 is 0 Å². The molecule has 110 valence electrons. The molecule has 0 bridgehead atoms. The molecule has 0 aliphatic carbocycles. The van der Waals surface area contributed by atoms with Crippen LogP contribution in [0.4, 0.5) is 5.69 Å². The summed E-state index contributed by atoms with van der Waals surface area (Å²) in [6, 6.07) is 8.17. The number of amidine groups is 1. The van der Waals surface area contributed by atoms with Gasteiger partial charge in [0.15, 0.2) is 5.17 Å². The molecule has 0 spiro atoms. The number of likely N-dealkylation sites (tertiary alicyclic amines) is 1. The lowest BCUT2D eigenvalue weighted by atomic mass is 10.2. The zero-order valence-electron chi connectivity index (χ0n) is 12.4. The number of thioether (sulfide) groups is 1. The summed E-state index contributed by atoms with van der Waals surface area (Å²) in [6.45, 7) is 2.04. The van der Waals surface area contributed by atoms with Crippen molar-refractivity contribution < 1.29 is 4.79 Å². The van der Waals surface area contributed by atoms with Crippen LogP contribution in [0.5, 0.6) is 0 Å². The average molecular weight is 301 g/mol. The van der Waals surface area contributed by atoms with Gasteiger partial charge in [0.25, 0.3) is 5.91 Å². The molecule has 0 aromatic heterocycles. The SMILES string of the molecule is CN(C)c1ccc(C=C2SC(N3CCCC3)=NC2=O)cc1. The topological polar surface area (TPSA) is 35.9 Å². The number of benzene rings is 1. The molecule has 2 heterocycles. The van der Waals surface area contributed by atoms with Crippen molar-refractivity contribution in [3.63, 3.8) is 0 Å². The molecule has 21 heavy (non-hydrogen) atoms. The van der Waals surface area contributed by atoms with Gasteiger partial charge in [-0.25, -0.2) is 0 Å². The quantitative estimate of drug-likeness (QED) is 0.787. The van der Waals surface area contributed by atoms with Gasteiger partial charge in [-0.2, -0.15) is 4.99 Å². The van der Waals surface area contributed by atoms with Crippen LogP contribution in [0.15, 0.2) is 34.2 Å². The first-order chi connectivity index (χ1) is 10.1. The predicted octanol–water partition coefficient (Wildman–Crippen LogP) is 2.82. The second-order valence-corrected chi connectivity index (χ2v) is 6.50. The second kappa shape index (κ2) is 5.93. The Morgan fingerprint density at radius 3 is 2.48 bits per heavy atom. The van der Waals surface area contributed by atoms with Crippen LogP contribution in [0, 0.1) is 0 Å². The Hall–Kier alpha value is -1.75. The van der Waals surface area contributed by atoms with Crippen LogP contribution in [-0.4, -0.2) is 43.2 Å². The molecule has 1 amide bonds. The molecule has 1 aromatic carbocycles. The number of hydrogen-bond acceptors (Lipinski definition) is 4. The molecule has 5 heteroatoms. The summed E-state index contributed by atoms with van der Waals surface area (Å²) in [7, 11) is 4.03. The van der Waals surface area contributed by atoms with Crippen LogP contribution < -0.4 is 4.90 Å². The molecule has 3 rings (SSSR count). The molecule has 1 saturated heterocycles. The summed E-state index contributed by atoms with van der Waals surface area (Å²) in [5, 5.41) is 0.869. The monoisotopic (exact) mass is 301 g/mol. The van der Waals surface area contributed by atoms with Gasteiger partial charge in [0.1, 0.15) is 0 Å². The lowest BCUT2D eigenvalue weighted by Gasteiger charge is -2.14. The average Bonchev–Trinajstić information content (AvgIpc) is 3.10. The Kier molecular flexibility index (Phi) is 4.01. The van der Waals surface area contributed by atoms with Gasteiger partial charge in [-0.15, -0.1) is 0 Å². The minimum Gasteiger partial charge on any atom is -0.378 e. The first-order valence-corrected chi connectivity index (χ1v) is 8.00. The number of carbonyl (C=O) groups excluding carboxylic acids is 1. The van der Waals surface area contributed by atoms with E-state index in [4.69, 9.17) is 0 Å². The van der Waals surface area contributed by atoms with Crippen molar-refractivity contribution in [2.45, 2.75) is 12.8 Å². The van der Waals surface area contributed by atoms with E-state index in [-0.39, 0.29) is 5.91 Å². The summed E-state index contributed by atoms with van der Waals surface area (Å²) in [6.07, 6.45) is 4.32. The smallest absolute Gasteiger partial charge is 0.286 e. The Bertz CT molecular complexity index is 598. The molecule has 0 N–H and O–H groups in total. The minimum atomic E-state index is -0.112. The van der Waals surface area contributed by atoms with Crippen LogP contribution in [0.1, 0.15) is 18.4 Å². The van der Waals surface area contributed by atoms with E-state index in [1.54, 1.807) is 0 Å². The molecule has 1 fully saturated rings. The highest BCUT2D eigenvalue weighted by atomic mass is 32.2. The van der Waals surface area contributed by atoms with Crippen molar-refractivity contribution >= 4 is 34.6 Å². The van der Waals surface area contributed by atoms with Gasteiger partial charge in [0.05, 0.1) is 4.91 Å². The van der Waals surface area contributed by atoms with E-state index < -0.39 is 0 Å². The van der Waals surface area contributed by atoms with Crippen LogP contribution in [0.3, 0.4) is 0 Å². The molecular formula is C16H19N3OS. The highest BCUT2D eigenvalue weighted by Crippen LogP contribution is 2.31. The molecule has 0 unspecified atom stereocenters. The maximum absolute atomic E-state index is 12.0. The number of nitrogens with zero attached hydrogens (tertiary/aromatic N) is 3. The number of carbonyl (C=O) groups is 1. The summed E-state index contributed by atoms with van der Waals surface area (Å²) < 4.78 is 0. The lowest BCUT2D eigenvalue weighted by molar-refractivity contribution is -0.113. The van der Waals surface area contributed by atoms with Crippen LogP contribution in [-0.2, 0) is 4.79 Å². The fourth-order valence-corrected chi connectivity index (χ4v) is 3.43. The molecule has 2 aliphatic heterocycles. The van der Waals surface area contributed by atoms with Crippen molar-refractivity contribution in [1.82, 2.24) is 4.90 Å². The number of anilines is 1. The van der Waals surface area contributed by atoms with Gasteiger partial charge < -0.3 is 9.80 Å². The van der Waals surface area contributed by atoms with E-state index in [1.165, 1.54) is 24.6 Å². The maximum atomic E-state index is 12.0. The number of hydrogen-bond donors (Lipinski definition) is 0. The van der Waals surface area contributed by atoms with Gasteiger partial charge in [-0.05, 0) is 48.4 Å². The molecule has 4 nitrogen and oxygen atoms in total. The standard InChI is InChI=1S/C16H19N3OS/c1-18(2)13-7-5-12(6-8-13)11-14-15(20)17-16(21-14)19-9-3-4-10-19/h5-8,11H,3-4,9-10H2,1-2H3. The third-order valence-corrected chi connectivity index (χ3v) is 4.74. The van der Waals surface area contributed by atoms with Crippen LogP contribution in [0.25, 0.3) is 6.08 Å². The fraction of sp³-hybridized carbons (Fsp3) is 0.375. The Morgan fingerprint density at radius 2 is 1.86 bits per heavy atom. The number of amides is 1. The molecule has 2 aliphatic rings. The molecular weight excluding hydrogens is 282 g/mol. The Morgan fingerprint density at radius 1 is 1.19 bits per heavy atom. The predicted molar refractivity (Wildman–Crippen MR) is 89.6 cm³/mol. The molecule has 0 atom stereocenters. The van der Waals surface area contributed by atoms with Gasteiger partial charge in [-0.3, -0.25) is 4.79 Å². The molecule has 1 aromatic rings. The van der Waals surface area contributed by atoms with Crippen LogP contribution >= 0.6 is 11.8 Å². The zero-order valence-corrected chi connectivity index (χ0v) is 13.2. The summed E-state index contributed by atoms with van der Waals surface area (Å²) >= 11 is 1.50. The second-order valence-electron chi connectivity index (χ2n) is 5.49. The van der Waals surface area contributed by atoms with Gasteiger partial charge >= 0.3 is 0 Å². The Balaban J connectivity index is 1.74. The highest BCUT2D eigenvalue weighted by molar-refractivity contribution is 8.18. The summed E-state index contributed by atoms with van der Waals surface area (Å²) in [4.78, 5) is 21.2. The largest absolute Gasteiger partial charge is 0.378 e. The fourth-order valence-electron chi connectivity index (χ4n) is 2.46. The molecule has 0 saturated carbocycles. The third kappa shape index (κ3) is 3.13. The van der Waals surface area contributed by atoms with Gasteiger partial charge in [-0.1, -0.05) is 12.1 Å². The van der Waals surface area contributed by atoms with Crippen LogP contribution in [0.2, 0.25) is 0 Å². The van der Waals surface area contributed by atoms with Crippen molar-refractivity contribution in [3.05, 3.63) is 34.7 Å². The summed E-state index contributed by atoms with van der Waals surface area (Å²) in [5.41, 5.74) is 2.19. The van der Waals surface area contributed by atoms with E-state index in [1.807, 2.05) is 32.3 Å². The van der Waals surface area contributed by atoms with E-state index in [0.29, 0.717) is 0 Å². The van der Waals surface area contributed by atoms with Gasteiger partial charge in [0.2, 0.25) is 0 Å².